The molecule has 0 aromatic carbocycles. The smallest absolute Gasteiger partial charge is 0.331 e. The van der Waals surface area contributed by atoms with Gasteiger partial charge < -0.3 is 10.4 Å². The van der Waals surface area contributed by atoms with E-state index in [0.29, 0.717) is 11.5 Å². The van der Waals surface area contributed by atoms with Crippen LogP contribution in [0.3, 0.4) is 0 Å². The van der Waals surface area contributed by atoms with E-state index in [1.165, 1.54) is 20.0 Å². The van der Waals surface area contributed by atoms with Gasteiger partial charge in [0.15, 0.2) is 0 Å². The van der Waals surface area contributed by atoms with E-state index in [1.54, 1.807) is 35.4 Å². The topological polar surface area (TPSA) is 97.1 Å². The number of anilines is 1. The number of carbonyl (C=O) groups excluding carboxylic acids is 1. The lowest BCUT2D eigenvalue weighted by molar-refractivity contribution is -0.133. The fourth-order valence-corrected chi connectivity index (χ4v) is 1.56. The van der Waals surface area contributed by atoms with E-state index >= 15 is 0 Å². The van der Waals surface area contributed by atoms with Gasteiger partial charge in [0.1, 0.15) is 12.1 Å². The molecule has 1 amide bonds. The van der Waals surface area contributed by atoms with Gasteiger partial charge in [0.05, 0.1) is 11.9 Å². The molecule has 0 unspecified atom stereocenters. The summed E-state index contributed by atoms with van der Waals surface area (Å²) in [5.41, 5.74) is 0.651. The van der Waals surface area contributed by atoms with Crippen molar-refractivity contribution in [2.45, 2.75) is 13.8 Å². The first kappa shape index (κ1) is 14.4. The maximum Gasteiger partial charge on any atom is 0.331 e. The largest absolute Gasteiger partial charge is 0.478 e. The normalized spacial score (nSPS) is 11.7. The number of hydrogen-bond acceptors (Lipinski definition) is 4. The number of nitrogens with zero attached hydrogens (tertiary/aromatic N) is 3. The van der Waals surface area contributed by atoms with Crippen LogP contribution in [0.2, 0.25) is 0 Å². The fraction of sp³-hybridized carbons (Fsp3) is 0.143. The second-order valence-corrected chi connectivity index (χ2v) is 4.38. The van der Waals surface area contributed by atoms with Gasteiger partial charge in [0, 0.05) is 23.5 Å². The monoisotopic (exact) mass is 286 g/mol. The molecule has 0 atom stereocenters. The van der Waals surface area contributed by atoms with Gasteiger partial charge in [-0.25, -0.2) is 14.8 Å². The van der Waals surface area contributed by atoms with Crippen LogP contribution in [-0.4, -0.2) is 31.5 Å². The van der Waals surface area contributed by atoms with Crippen molar-refractivity contribution < 1.29 is 14.7 Å². The van der Waals surface area contributed by atoms with E-state index in [9.17, 15) is 9.59 Å². The van der Waals surface area contributed by atoms with Crippen molar-refractivity contribution in [1.29, 1.82) is 0 Å². The van der Waals surface area contributed by atoms with Crippen molar-refractivity contribution in [1.82, 2.24) is 14.5 Å². The molecule has 0 fully saturated rings. The molecule has 0 aliphatic rings. The zero-order valence-corrected chi connectivity index (χ0v) is 11.6. The third kappa shape index (κ3) is 3.33. The summed E-state index contributed by atoms with van der Waals surface area (Å²) in [7, 11) is 0. The standard InChI is InChI=1S/C14H14N4O3/c1-9(10(2)14(20)21)13(19)17-11-3-4-12(16-7-11)18-6-5-15-8-18/h3-8H,1-2H3,(H,17,19)(H,20,21). The van der Waals surface area contributed by atoms with E-state index < -0.39 is 11.9 Å². The molecule has 0 aliphatic carbocycles. The van der Waals surface area contributed by atoms with Gasteiger partial charge in [-0.15, -0.1) is 0 Å². The van der Waals surface area contributed by atoms with Gasteiger partial charge in [-0.3, -0.25) is 9.36 Å². The first-order valence-electron chi connectivity index (χ1n) is 6.15. The van der Waals surface area contributed by atoms with Gasteiger partial charge in [-0.1, -0.05) is 0 Å². The second kappa shape index (κ2) is 6.00. The molecule has 0 spiro atoms. The molecule has 2 aromatic heterocycles. The average Bonchev–Trinajstić information content (AvgIpc) is 3.00. The molecular weight excluding hydrogens is 272 g/mol. The minimum atomic E-state index is -1.11. The Morgan fingerprint density at radius 3 is 2.52 bits per heavy atom. The summed E-state index contributed by atoms with van der Waals surface area (Å²) in [6.07, 6.45) is 6.50. The van der Waals surface area contributed by atoms with Crippen LogP contribution in [0.1, 0.15) is 13.8 Å². The number of hydrogen-bond donors (Lipinski definition) is 2. The Hall–Kier alpha value is -2.96. The van der Waals surface area contributed by atoms with Crippen LogP contribution in [0.25, 0.3) is 5.82 Å². The van der Waals surface area contributed by atoms with E-state index in [1.807, 2.05) is 0 Å². The van der Waals surface area contributed by atoms with E-state index in [0.717, 1.165) is 0 Å². The van der Waals surface area contributed by atoms with Crippen molar-refractivity contribution in [3.63, 3.8) is 0 Å². The number of pyridine rings is 1. The molecule has 0 bridgehead atoms. The Kier molecular flexibility index (Phi) is 4.13. The number of imidazole rings is 1. The van der Waals surface area contributed by atoms with Crippen LogP contribution in [0.5, 0.6) is 0 Å². The molecule has 2 heterocycles. The molecule has 0 radical (unpaired) electrons. The highest BCUT2D eigenvalue weighted by Crippen LogP contribution is 2.12. The number of nitrogens with one attached hydrogen (secondary N) is 1. The summed E-state index contributed by atoms with van der Waals surface area (Å²) in [5.74, 6) is -0.914. The van der Waals surface area contributed by atoms with E-state index in [-0.39, 0.29) is 11.1 Å². The first-order valence-corrected chi connectivity index (χ1v) is 6.15. The van der Waals surface area contributed by atoms with E-state index in [4.69, 9.17) is 5.11 Å². The predicted molar refractivity (Wildman–Crippen MR) is 76.0 cm³/mol. The van der Waals surface area contributed by atoms with Crippen LogP contribution in [0, 0.1) is 0 Å². The zero-order valence-electron chi connectivity index (χ0n) is 11.6. The summed E-state index contributed by atoms with van der Waals surface area (Å²) in [6, 6.07) is 3.41. The lowest BCUT2D eigenvalue weighted by Gasteiger charge is -2.07. The molecule has 0 saturated heterocycles. The molecule has 7 heteroatoms. The Labute approximate surface area is 121 Å². The second-order valence-electron chi connectivity index (χ2n) is 4.38. The van der Waals surface area contributed by atoms with E-state index in [2.05, 4.69) is 15.3 Å². The average molecular weight is 286 g/mol. The summed E-state index contributed by atoms with van der Waals surface area (Å²) in [5, 5.41) is 11.5. The first-order chi connectivity index (χ1) is 9.99. The maximum atomic E-state index is 11.9. The third-order valence-electron chi connectivity index (χ3n) is 3.00. The van der Waals surface area contributed by atoms with Gasteiger partial charge in [-0.05, 0) is 26.0 Å². The van der Waals surface area contributed by atoms with Gasteiger partial charge in [0.25, 0.3) is 5.91 Å². The minimum Gasteiger partial charge on any atom is -0.478 e. The number of amides is 1. The minimum absolute atomic E-state index is 0.00972. The number of aromatic nitrogens is 3. The highest BCUT2D eigenvalue weighted by Gasteiger charge is 2.12. The number of carboxylic acids is 1. The number of rotatable bonds is 4. The summed E-state index contributed by atoms with van der Waals surface area (Å²) < 4.78 is 1.73. The molecule has 2 aromatic rings. The highest BCUT2D eigenvalue weighted by atomic mass is 16.4. The van der Waals surface area contributed by atoms with Crippen molar-refractivity contribution >= 4 is 17.6 Å². The Morgan fingerprint density at radius 2 is 2.00 bits per heavy atom. The molecule has 0 saturated carbocycles. The van der Waals surface area contributed by atoms with Crippen LogP contribution in [-0.2, 0) is 9.59 Å². The fourth-order valence-electron chi connectivity index (χ4n) is 1.56. The summed E-state index contributed by atoms with van der Waals surface area (Å²) in [6.45, 7) is 2.85. The zero-order chi connectivity index (χ0) is 15.4. The Bertz CT molecular complexity index is 688. The lowest BCUT2D eigenvalue weighted by atomic mass is 10.1. The SMILES string of the molecule is CC(C(=O)O)=C(C)C(=O)Nc1ccc(-n2ccnc2)nc1. The Balaban J connectivity index is 2.12. The maximum absolute atomic E-state index is 11.9. The number of carbonyl (C=O) groups is 2. The van der Waals surface area contributed by atoms with Crippen molar-refractivity contribution in [2.24, 2.45) is 0 Å². The molecule has 108 valence electrons. The predicted octanol–water partition coefficient (Wildman–Crippen LogP) is 1.63. The molecule has 2 rings (SSSR count). The number of carboxylic acid groups (broad SMARTS) is 1. The van der Waals surface area contributed by atoms with Crippen molar-refractivity contribution in [3.05, 3.63) is 48.2 Å². The van der Waals surface area contributed by atoms with Crippen LogP contribution >= 0.6 is 0 Å². The molecule has 7 nitrogen and oxygen atoms in total. The van der Waals surface area contributed by atoms with Crippen LogP contribution in [0.15, 0.2) is 48.2 Å². The molecular formula is C14H14N4O3. The third-order valence-corrected chi connectivity index (χ3v) is 3.00. The Morgan fingerprint density at radius 1 is 1.24 bits per heavy atom. The van der Waals surface area contributed by atoms with Gasteiger partial charge in [0.2, 0.25) is 0 Å². The highest BCUT2D eigenvalue weighted by molar-refractivity contribution is 6.07. The summed E-state index contributed by atoms with van der Waals surface area (Å²) in [4.78, 5) is 30.8. The van der Waals surface area contributed by atoms with Gasteiger partial charge >= 0.3 is 5.97 Å². The molecule has 2 N–H and O–H groups in total. The van der Waals surface area contributed by atoms with Crippen LogP contribution < -0.4 is 5.32 Å². The molecule has 21 heavy (non-hydrogen) atoms. The van der Waals surface area contributed by atoms with Gasteiger partial charge in [-0.2, -0.15) is 0 Å². The van der Waals surface area contributed by atoms with Crippen LogP contribution in [0.4, 0.5) is 5.69 Å². The van der Waals surface area contributed by atoms with Crippen molar-refractivity contribution in [2.75, 3.05) is 5.32 Å². The summed E-state index contributed by atoms with van der Waals surface area (Å²) >= 11 is 0. The molecule has 0 aliphatic heterocycles. The quantitative estimate of drug-likeness (QED) is 0.832. The number of aliphatic carboxylic acids is 1. The van der Waals surface area contributed by atoms with Crippen molar-refractivity contribution in [3.8, 4) is 5.82 Å². The lowest BCUT2D eigenvalue weighted by Crippen LogP contribution is -2.16.